The van der Waals surface area contributed by atoms with Crippen LogP contribution in [-0.2, 0) is 0 Å². The number of aromatic nitrogens is 3. The van der Waals surface area contributed by atoms with Gasteiger partial charge in [0.05, 0.1) is 24.0 Å². The van der Waals surface area contributed by atoms with Crippen molar-refractivity contribution in [1.29, 1.82) is 0 Å². The summed E-state index contributed by atoms with van der Waals surface area (Å²) in [6.07, 6.45) is 3.18. The molecule has 0 aliphatic rings. The van der Waals surface area contributed by atoms with Crippen LogP contribution in [0.3, 0.4) is 0 Å². The quantitative estimate of drug-likeness (QED) is 0.539. The normalized spacial score (nSPS) is 10.8. The lowest BCUT2D eigenvalue weighted by Gasteiger charge is -2.16. The molecule has 0 unspecified atom stereocenters. The van der Waals surface area contributed by atoms with Crippen molar-refractivity contribution < 1.29 is 18.3 Å². The maximum Gasteiger partial charge on any atom is 0.254 e. The summed E-state index contributed by atoms with van der Waals surface area (Å²) in [4.78, 5) is 16.5. The largest absolute Gasteiger partial charge is 0.492 e. The highest BCUT2D eigenvalue weighted by molar-refractivity contribution is 6.00. The molecule has 3 aromatic rings. The van der Waals surface area contributed by atoms with E-state index < -0.39 is 17.5 Å². The Kier molecular flexibility index (Phi) is 6.14. The molecule has 1 aromatic carbocycles. The van der Waals surface area contributed by atoms with Gasteiger partial charge in [-0.2, -0.15) is 5.10 Å². The van der Waals surface area contributed by atoms with Gasteiger partial charge in [-0.05, 0) is 13.8 Å². The van der Waals surface area contributed by atoms with Gasteiger partial charge in [-0.3, -0.25) is 9.48 Å². The van der Waals surface area contributed by atoms with Crippen LogP contribution >= 0.6 is 0 Å². The van der Waals surface area contributed by atoms with Crippen molar-refractivity contribution >= 4 is 28.9 Å². The Bertz CT molecular complexity index is 1070. The van der Waals surface area contributed by atoms with E-state index >= 15 is 0 Å². The van der Waals surface area contributed by atoms with E-state index in [-0.39, 0.29) is 28.7 Å². The molecule has 3 N–H and O–H groups in total. The molecule has 0 radical (unpaired) electrons. The zero-order chi connectivity index (χ0) is 21.8. The number of nitrogens with zero attached hydrogens (tertiary/aromatic N) is 3. The van der Waals surface area contributed by atoms with Gasteiger partial charge < -0.3 is 20.7 Å². The maximum absolute atomic E-state index is 14.1. The number of benzene rings is 1. The molecule has 1 amide bonds. The van der Waals surface area contributed by atoms with Gasteiger partial charge in [-0.15, -0.1) is 0 Å². The van der Waals surface area contributed by atoms with E-state index in [0.717, 1.165) is 6.07 Å². The highest BCUT2D eigenvalue weighted by atomic mass is 19.1. The zero-order valence-electron chi connectivity index (χ0n) is 17.0. The second kappa shape index (κ2) is 8.76. The van der Waals surface area contributed by atoms with Crippen LogP contribution in [0.1, 0.15) is 30.2 Å². The van der Waals surface area contributed by atoms with Crippen LogP contribution in [0.2, 0.25) is 0 Å². The molecule has 0 spiro atoms. The van der Waals surface area contributed by atoms with Gasteiger partial charge in [-0.25, -0.2) is 13.8 Å². The number of hydrogen-bond donors (Lipinski definition) is 3. The lowest BCUT2D eigenvalue weighted by molar-refractivity contribution is 0.0963. The molecule has 0 aliphatic heterocycles. The average Bonchev–Trinajstić information content (AvgIpc) is 3.16. The molecule has 0 atom stereocenters. The Labute approximate surface area is 172 Å². The van der Waals surface area contributed by atoms with Crippen LogP contribution in [0, 0.1) is 11.6 Å². The van der Waals surface area contributed by atoms with Gasteiger partial charge in [0.25, 0.3) is 5.91 Å². The number of carbonyl (C=O) groups is 1. The van der Waals surface area contributed by atoms with Crippen molar-refractivity contribution in [3.8, 4) is 5.75 Å². The lowest BCUT2D eigenvalue weighted by Crippen LogP contribution is -2.19. The fourth-order valence-corrected chi connectivity index (χ4v) is 2.77. The number of carbonyl (C=O) groups excluding carboxylic acids is 1. The Morgan fingerprint density at radius 2 is 1.90 bits per heavy atom. The van der Waals surface area contributed by atoms with E-state index in [1.165, 1.54) is 20.4 Å². The number of halogens is 2. The van der Waals surface area contributed by atoms with Gasteiger partial charge in [0, 0.05) is 49.7 Å². The lowest BCUT2D eigenvalue weighted by atomic mass is 10.2. The molecular weight excluding hydrogens is 394 g/mol. The summed E-state index contributed by atoms with van der Waals surface area (Å²) in [5.74, 6) is -1.31. The molecule has 0 bridgehead atoms. The number of ether oxygens (including phenoxy) is 1. The molecular formula is C20H22F2N6O2. The summed E-state index contributed by atoms with van der Waals surface area (Å²) >= 11 is 0. The van der Waals surface area contributed by atoms with Crippen LogP contribution in [0.5, 0.6) is 5.75 Å². The molecule has 0 saturated heterocycles. The Balaban J connectivity index is 1.99. The fourth-order valence-electron chi connectivity index (χ4n) is 2.77. The average molecular weight is 416 g/mol. The minimum atomic E-state index is -0.867. The summed E-state index contributed by atoms with van der Waals surface area (Å²) in [5, 5.41) is 12.8. The maximum atomic E-state index is 14.1. The van der Waals surface area contributed by atoms with E-state index in [1.807, 2.05) is 20.0 Å². The first-order valence-electron chi connectivity index (χ1n) is 9.16. The van der Waals surface area contributed by atoms with Crippen molar-refractivity contribution in [1.82, 2.24) is 20.1 Å². The zero-order valence-corrected chi connectivity index (χ0v) is 17.0. The molecule has 30 heavy (non-hydrogen) atoms. The molecule has 10 heteroatoms. The van der Waals surface area contributed by atoms with Crippen LogP contribution in [0.25, 0.3) is 0 Å². The Morgan fingerprint density at radius 3 is 2.53 bits per heavy atom. The van der Waals surface area contributed by atoms with Crippen molar-refractivity contribution in [2.75, 3.05) is 24.8 Å². The van der Waals surface area contributed by atoms with E-state index in [9.17, 15) is 13.6 Å². The fraction of sp³-hybridized carbons (Fsp3) is 0.250. The van der Waals surface area contributed by atoms with Gasteiger partial charge in [0.15, 0.2) is 17.4 Å². The number of anilines is 4. The number of methoxy groups -OCH3 is 1. The standard InChI is InChI=1S/C20H22F2N6O2/c1-11(2)28-6-5-17(27-28)26-18-9-15(13(10-24-18)20(29)23-3)25-16-8-12(21)7-14(22)19(16)30-4/h5-11H,1-4H3,(H,23,29)(H2,24,25,26,27). The summed E-state index contributed by atoms with van der Waals surface area (Å²) in [7, 11) is 2.74. The summed E-state index contributed by atoms with van der Waals surface area (Å²) in [6, 6.07) is 5.31. The van der Waals surface area contributed by atoms with E-state index in [4.69, 9.17) is 4.74 Å². The van der Waals surface area contributed by atoms with Crippen molar-refractivity contribution in [3.63, 3.8) is 0 Å². The van der Waals surface area contributed by atoms with Crippen LogP contribution < -0.4 is 20.7 Å². The molecule has 2 aromatic heterocycles. The van der Waals surface area contributed by atoms with Gasteiger partial charge in [0.1, 0.15) is 11.6 Å². The van der Waals surface area contributed by atoms with Gasteiger partial charge in [0.2, 0.25) is 0 Å². The SMILES string of the molecule is CNC(=O)c1cnc(Nc2ccn(C(C)C)n2)cc1Nc1cc(F)cc(F)c1OC. The molecule has 0 aliphatic carbocycles. The van der Waals surface area contributed by atoms with Crippen molar-refractivity contribution in [2.45, 2.75) is 19.9 Å². The third kappa shape index (κ3) is 4.48. The second-order valence-corrected chi connectivity index (χ2v) is 6.69. The Morgan fingerprint density at radius 1 is 1.13 bits per heavy atom. The predicted molar refractivity (Wildman–Crippen MR) is 110 cm³/mol. The number of amides is 1. The minimum absolute atomic E-state index is 0.0291. The Hall–Kier alpha value is -3.69. The molecule has 8 nitrogen and oxygen atoms in total. The van der Waals surface area contributed by atoms with E-state index in [1.54, 1.807) is 16.8 Å². The van der Waals surface area contributed by atoms with Crippen molar-refractivity contribution in [3.05, 3.63) is 53.9 Å². The number of rotatable bonds is 7. The highest BCUT2D eigenvalue weighted by Gasteiger charge is 2.17. The highest BCUT2D eigenvalue weighted by Crippen LogP contribution is 2.33. The smallest absolute Gasteiger partial charge is 0.254 e. The van der Waals surface area contributed by atoms with Crippen molar-refractivity contribution in [2.24, 2.45) is 0 Å². The first-order valence-corrected chi connectivity index (χ1v) is 9.16. The first kappa shape index (κ1) is 21.0. The topological polar surface area (TPSA) is 93.1 Å². The molecule has 158 valence electrons. The van der Waals surface area contributed by atoms with Gasteiger partial charge in [-0.1, -0.05) is 0 Å². The summed E-state index contributed by atoms with van der Waals surface area (Å²) in [5.41, 5.74) is 0.488. The molecule has 0 saturated carbocycles. The molecule has 2 heterocycles. The van der Waals surface area contributed by atoms with Crippen LogP contribution in [-0.4, -0.2) is 34.8 Å². The number of hydrogen-bond acceptors (Lipinski definition) is 6. The third-order valence-corrected chi connectivity index (χ3v) is 4.25. The van der Waals surface area contributed by atoms with Gasteiger partial charge >= 0.3 is 0 Å². The molecule has 3 rings (SSSR count). The summed E-state index contributed by atoms with van der Waals surface area (Å²) < 4.78 is 34.6. The second-order valence-electron chi connectivity index (χ2n) is 6.69. The minimum Gasteiger partial charge on any atom is -0.492 e. The molecule has 0 fully saturated rings. The monoisotopic (exact) mass is 416 g/mol. The van der Waals surface area contributed by atoms with Crippen LogP contribution in [0.4, 0.5) is 31.8 Å². The number of nitrogens with one attached hydrogen (secondary N) is 3. The van der Waals surface area contributed by atoms with E-state index in [2.05, 4.69) is 26.0 Å². The first-order chi connectivity index (χ1) is 14.3. The van der Waals surface area contributed by atoms with E-state index in [0.29, 0.717) is 17.7 Å². The number of pyridine rings is 1. The third-order valence-electron chi connectivity index (χ3n) is 4.25. The predicted octanol–water partition coefficient (Wildman–Crippen LogP) is 3.99. The summed E-state index contributed by atoms with van der Waals surface area (Å²) in [6.45, 7) is 4.00. The van der Waals surface area contributed by atoms with Crippen LogP contribution in [0.15, 0.2) is 36.7 Å².